The maximum absolute atomic E-state index is 5.98. The predicted octanol–water partition coefficient (Wildman–Crippen LogP) is 4.37. The molecule has 0 aromatic heterocycles. The van der Waals surface area contributed by atoms with E-state index in [0.717, 1.165) is 5.56 Å². The van der Waals surface area contributed by atoms with E-state index >= 15 is 0 Å². The first-order chi connectivity index (χ1) is 7.77. The van der Waals surface area contributed by atoms with Crippen LogP contribution in [0.1, 0.15) is 5.56 Å². The van der Waals surface area contributed by atoms with Gasteiger partial charge in [-0.2, -0.15) is 0 Å². The lowest BCUT2D eigenvalue weighted by molar-refractivity contribution is 0.306. The minimum absolute atomic E-state index is 0.427. The lowest BCUT2D eigenvalue weighted by Gasteiger charge is -2.08. The van der Waals surface area contributed by atoms with Crippen LogP contribution in [0, 0.1) is 6.07 Å². The van der Waals surface area contributed by atoms with Gasteiger partial charge in [-0.25, -0.2) is 0 Å². The molecule has 2 aromatic rings. The maximum Gasteiger partial charge on any atom is 0.140 e. The zero-order valence-corrected chi connectivity index (χ0v) is 9.92. The molecule has 0 amide bonds. The van der Waals surface area contributed by atoms with E-state index in [-0.39, 0.29) is 0 Å². The Morgan fingerprint density at radius 2 is 1.81 bits per heavy atom. The van der Waals surface area contributed by atoms with Crippen molar-refractivity contribution in [1.29, 1.82) is 0 Å². The van der Waals surface area contributed by atoms with Crippen molar-refractivity contribution in [3.63, 3.8) is 0 Å². The molecule has 16 heavy (non-hydrogen) atoms. The van der Waals surface area contributed by atoms with Crippen LogP contribution >= 0.6 is 23.2 Å². The summed E-state index contributed by atoms with van der Waals surface area (Å²) in [7, 11) is 0. The summed E-state index contributed by atoms with van der Waals surface area (Å²) in [4.78, 5) is 0. The zero-order chi connectivity index (χ0) is 11.4. The minimum Gasteiger partial charge on any atom is -0.487 e. The highest BCUT2D eigenvalue weighted by Crippen LogP contribution is 2.31. The van der Waals surface area contributed by atoms with E-state index in [1.54, 1.807) is 12.1 Å². The molecule has 0 saturated carbocycles. The first kappa shape index (κ1) is 11.3. The zero-order valence-electron chi connectivity index (χ0n) is 8.41. The minimum atomic E-state index is 0.427. The van der Waals surface area contributed by atoms with Crippen molar-refractivity contribution in [2.45, 2.75) is 6.61 Å². The molecule has 2 aromatic carbocycles. The van der Waals surface area contributed by atoms with Crippen LogP contribution in [-0.2, 0) is 6.61 Å². The van der Waals surface area contributed by atoms with Crippen molar-refractivity contribution >= 4 is 23.2 Å². The Morgan fingerprint density at radius 3 is 2.56 bits per heavy atom. The van der Waals surface area contributed by atoms with E-state index in [1.807, 2.05) is 30.3 Å². The summed E-state index contributed by atoms with van der Waals surface area (Å²) in [6.07, 6.45) is 0. The fourth-order valence-corrected chi connectivity index (χ4v) is 1.60. The summed E-state index contributed by atoms with van der Waals surface area (Å²) < 4.78 is 5.56. The molecular weight excluding hydrogens is 243 g/mol. The van der Waals surface area contributed by atoms with Gasteiger partial charge in [0.1, 0.15) is 17.4 Å². The van der Waals surface area contributed by atoms with Crippen LogP contribution in [-0.4, -0.2) is 0 Å². The quantitative estimate of drug-likeness (QED) is 0.787. The van der Waals surface area contributed by atoms with Crippen LogP contribution in [0.15, 0.2) is 42.5 Å². The smallest absolute Gasteiger partial charge is 0.140 e. The molecule has 1 radical (unpaired) electrons. The Bertz CT molecular complexity index is 469. The van der Waals surface area contributed by atoms with Crippen LogP contribution in [0.4, 0.5) is 0 Å². The fraction of sp³-hybridized carbons (Fsp3) is 0.0769. The molecule has 81 valence electrons. The number of benzene rings is 2. The highest BCUT2D eigenvalue weighted by molar-refractivity contribution is 6.42. The van der Waals surface area contributed by atoms with E-state index in [1.165, 1.54) is 0 Å². The summed E-state index contributed by atoms with van der Waals surface area (Å²) in [6, 6.07) is 16.0. The number of rotatable bonds is 3. The van der Waals surface area contributed by atoms with Gasteiger partial charge in [0, 0.05) is 0 Å². The maximum atomic E-state index is 5.98. The van der Waals surface area contributed by atoms with Gasteiger partial charge in [-0.1, -0.05) is 53.5 Å². The molecule has 0 N–H and O–H groups in total. The highest BCUT2D eigenvalue weighted by atomic mass is 35.5. The van der Waals surface area contributed by atoms with Gasteiger partial charge in [0.25, 0.3) is 0 Å². The summed E-state index contributed by atoms with van der Waals surface area (Å²) in [5.74, 6) is 0.554. The van der Waals surface area contributed by atoms with Gasteiger partial charge < -0.3 is 4.74 Å². The van der Waals surface area contributed by atoms with E-state index in [2.05, 4.69) is 6.07 Å². The molecule has 0 atom stereocenters. The molecule has 2 rings (SSSR count). The summed E-state index contributed by atoms with van der Waals surface area (Å²) in [6.45, 7) is 0.467. The Kier molecular flexibility index (Phi) is 3.70. The van der Waals surface area contributed by atoms with Crippen LogP contribution < -0.4 is 4.74 Å². The number of halogens is 2. The molecule has 0 bridgehead atoms. The third-order valence-electron chi connectivity index (χ3n) is 2.09. The van der Waals surface area contributed by atoms with E-state index in [9.17, 15) is 0 Å². The lowest BCUT2D eigenvalue weighted by atomic mass is 10.2. The summed E-state index contributed by atoms with van der Waals surface area (Å²) in [5, 5.41) is 0.878. The molecule has 0 aliphatic carbocycles. The molecule has 0 unspecified atom stereocenters. The Balaban J connectivity index is 2.08. The van der Waals surface area contributed by atoms with Crippen LogP contribution in [0.2, 0.25) is 10.0 Å². The van der Waals surface area contributed by atoms with Crippen molar-refractivity contribution < 1.29 is 4.74 Å². The average Bonchev–Trinajstić information content (AvgIpc) is 2.32. The molecule has 3 heteroatoms. The predicted molar refractivity (Wildman–Crippen MR) is 66.1 cm³/mol. The second-order valence-electron chi connectivity index (χ2n) is 3.26. The Morgan fingerprint density at radius 1 is 1.06 bits per heavy atom. The highest BCUT2D eigenvalue weighted by Gasteiger charge is 2.05. The SMILES string of the molecule is Clc1c[c]cc(OCc2ccccc2)c1Cl. The van der Waals surface area contributed by atoms with Crippen LogP contribution in [0.5, 0.6) is 5.75 Å². The number of hydrogen-bond donors (Lipinski definition) is 0. The Labute approximate surface area is 105 Å². The fourth-order valence-electron chi connectivity index (χ4n) is 1.28. The molecular formula is C13H9Cl2O. The van der Waals surface area contributed by atoms with Gasteiger partial charge in [0.2, 0.25) is 0 Å². The number of hydrogen-bond acceptors (Lipinski definition) is 1. The third-order valence-corrected chi connectivity index (χ3v) is 2.87. The second kappa shape index (κ2) is 5.24. The lowest BCUT2D eigenvalue weighted by Crippen LogP contribution is -1.95. The van der Waals surface area contributed by atoms with Gasteiger partial charge in [0.05, 0.1) is 5.02 Å². The van der Waals surface area contributed by atoms with Gasteiger partial charge in [0.15, 0.2) is 0 Å². The van der Waals surface area contributed by atoms with Crippen molar-refractivity contribution in [3.05, 3.63) is 64.1 Å². The molecule has 0 spiro atoms. The topological polar surface area (TPSA) is 9.23 Å². The standard InChI is InChI=1S/C13H9Cl2O/c14-11-7-4-8-12(13(11)15)16-9-10-5-2-1-3-6-10/h1-3,5-8H,9H2. The van der Waals surface area contributed by atoms with Gasteiger partial charge in [-0.15, -0.1) is 0 Å². The molecule has 0 fully saturated rings. The molecule has 0 saturated heterocycles. The number of ether oxygens (including phenoxy) is 1. The molecule has 0 aliphatic rings. The van der Waals surface area contributed by atoms with Crippen molar-refractivity contribution in [2.24, 2.45) is 0 Å². The average molecular weight is 252 g/mol. The normalized spacial score (nSPS) is 10.1. The monoisotopic (exact) mass is 251 g/mol. The van der Waals surface area contributed by atoms with Crippen molar-refractivity contribution in [2.75, 3.05) is 0 Å². The van der Waals surface area contributed by atoms with Gasteiger partial charge in [-0.05, 0) is 23.8 Å². The van der Waals surface area contributed by atoms with E-state index in [0.29, 0.717) is 22.4 Å². The molecule has 0 heterocycles. The largest absolute Gasteiger partial charge is 0.487 e. The Hall–Kier alpha value is -1.18. The second-order valence-corrected chi connectivity index (χ2v) is 4.04. The molecule has 0 aliphatic heterocycles. The van der Waals surface area contributed by atoms with Crippen molar-refractivity contribution in [3.8, 4) is 5.75 Å². The van der Waals surface area contributed by atoms with Crippen molar-refractivity contribution in [1.82, 2.24) is 0 Å². The van der Waals surface area contributed by atoms with E-state index in [4.69, 9.17) is 27.9 Å². The third kappa shape index (κ3) is 2.69. The molecule has 1 nitrogen and oxygen atoms in total. The first-order valence-corrected chi connectivity index (χ1v) is 5.55. The summed E-state index contributed by atoms with van der Waals surface area (Å²) in [5.41, 5.74) is 1.08. The van der Waals surface area contributed by atoms with Crippen LogP contribution in [0.25, 0.3) is 0 Å². The first-order valence-electron chi connectivity index (χ1n) is 4.79. The van der Waals surface area contributed by atoms with Gasteiger partial charge in [-0.3, -0.25) is 0 Å². The van der Waals surface area contributed by atoms with Gasteiger partial charge >= 0.3 is 0 Å². The summed E-state index contributed by atoms with van der Waals surface area (Å²) >= 11 is 11.8. The van der Waals surface area contributed by atoms with E-state index < -0.39 is 0 Å². The van der Waals surface area contributed by atoms with Crippen LogP contribution in [0.3, 0.4) is 0 Å².